The van der Waals surface area contributed by atoms with Crippen molar-refractivity contribution in [3.63, 3.8) is 0 Å². The minimum absolute atomic E-state index is 0.360. The molecular weight excluding hydrogens is 322 g/mol. The molecule has 0 aromatic heterocycles. The van der Waals surface area contributed by atoms with Gasteiger partial charge in [-0.1, -0.05) is 38.0 Å². The monoisotopic (exact) mass is 353 g/mol. The summed E-state index contributed by atoms with van der Waals surface area (Å²) in [6, 6.07) is 7.96. The lowest BCUT2D eigenvalue weighted by Crippen LogP contribution is -2.28. The highest BCUT2D eigenvalue weighted by atomic mass is 16.5. The Bertz CT molecular complexity index is 640. The predicted molar refractivity (Wildman–Crippen MR) is 106 cm³/mol. The molecule has 0 saturated heterocycles. The van der Waals surface area contributed by atoms with Gasteiger partial charge < -0.3 is 10.1 Å². The van der Waals surface area contributed by atoms with Gasteiger partial charge in [0.25, 0.3) is 0 Å². The van der Waals surface area contributed by atoms with Crippen molar-refractivity contribution in [2.75, 3.05) is 18.5 Å². The largest absolute Gasteiger partial charge is 0.456 e. The Morgan fingerprint density at radius 3 is 2.65 bits per heavy atom. The SMILES string of the molecule is CCOC(=O)C#Cc1ccc(NCCC2CCC3CCCCC3C2)cc1. The summed E-state index contributed by atoms with van der Waals surface area (Å²) in [7, 11) is 0. The highest BCUT2D eigenvalue weighted by molar-refractivity contribution is 5.89. The summed E-state index contributed by atoms with van der Waals surface area (Å²) in [5.74, 6) is 7.82. The third-order valence-corrected chi connectivity index (χ3v) is 6.00. The van der Waals surface area contributed by atoms with E-state index in [-0.39, 0.29) is 0 Å². The van der Waals surface area contributed by atoms with Crippen molar-refractivity contribution in [2.45, 2.75) is 58.3 Å². The zero-order valence-electron chi connectivity index (χ0n) is 15.9. The Balaban J connectivity index is 1.40. The van der Waals surface area contributed by atoms with Crippen LogP contribution in [0.2, 0.25) is 0 Å². The Kier molecular flexibility index (Phi) is 7.00. The topological polar surface area (TPSA) is 38.3 Å². The molecule has 26 heavy (non-hydrogen) atoms. The number of anilines is 1. The zero-order valence-corrected chi connectivity index (χ0v) is 15.9. The number of carbonyl (C=O) groups excluding carboxylic acids is 1. The van der Waals surface area contributed by atoms with Gasteiger partial charge in [0, 0.05) is 23.7 Å². The molecule has 1 N–H and O–H groups in total. The molecule has 0 heterocycles. The summed E-state index contributed by atoms with van der Waals surface area (Å²) >= 11 is 0. The van der Waals surface area contributed by atoms with E-state index in [4.69, 9.17) is 4.74 Å². The Hall–Kier alpha value is -1.95. The molecule has 2 aliphatic rings. The van der Waals surface area contributed by atoms with Crippen LogP contribution in [0.15, 0.2) is 24.3 Å². The predicted octanol–water partition coefficient (Wildman–Crippen LogP) is 5.01. The first-order valence-corrected chi connectivity index (χ1v) is 10.3. The third-order valence-electron chi connectivity index (χ3n) is 6.00. The van der Waals surface area contributed by atoms with Gasteiger partial charge >= 0.3 is 5.97 Å². The molecule has 3 heteroatoms. The number of hydrogen-bond acceptors (Lipinski definition) is 3. The molecule has 1 aromatic rings. The van der Waals surface area contributed by atoms with Crippen LogP contribution >= 0.6 is 0 Å². The van der Waals surface area contributed by atoms with Crippen LogP contribution in [0.25, 0.3) is 0 Å². The van der Waals surface area contributed by atoms with Gasteiger partial charge in [-0.25, -0.2) is 4.79 Å². The number of rotatable bonds is 5. The first-order valence-electron chi connectivity index (χ1n) is 10.3. The second kappa shape index (κ2) is 9.67. The van der Waals surface area contributed by atoms with E-state index in [2.05, 4.69) is 17.2 Å². The van der Waals surface area contributed by atoms with Crippen molar-refractivity contribution < 1.29 is 9.53 Å². The molecule has 0 aliphatic heterocycles. The molecule has 0 spiro atoms. The lowest BCUT2D eigenvalue weighted by molar-refractivity contribution is -0.136. The lowest BCUT2D eigenvalue weighted by Gasteiger charge is -2.39. The number of benzene rings is 1. The quantitative estimate of drug-likeness (QED) is 0.597. The highest BCUT2D eigenvalue weighted by Crippen LogP contribution is 2.43. The maximum absolute atomic E-state index is 11.3. The molecule has 3 atom stereocenters. The average Bonchev–Trinajstić information content (AvgIpc) is 2.67. The molecule has 1 aromatic carbocycles. The number of fused-ring (bicyclic) bond motifs is 1. The number of hydrogen-bond donors (Lipinski definition) is 1. The maximum atomic E-state index is 11.3. The normalized spacial score (nSPS) is 24.7. The van der Waals surface area contributed by atoms with Gasteiger partial charge in [0.1, 0.15) is 0 Å². The van der Waals surface area contributed by atoms with E-state index in [1.165, 1.54) is 51.4 Å². The fourth-order valence-corrected chi connectivity index (χ4v) is 4.62. The molecule has 2 saturated carbocycles. The first-order chi connectivity index (χ1) is 12.7. The van der Waals surface area contributed by atoms with Crippen molar-refractivity contribution >= 4 is 11.7 Å². The summed E-state index contributed by atoms with van der Waals surface area (Å²) in [5, 5.41) is 3.54. The number of carbonyl (C=O) groups is 1. The van der Waals surface area contributed by atoms with Crippen molar-refractivity contribution in [1.29, 1.82) is 0 Å². The highest BCUT2D eigenvalue weighted by Gasteiger charge is 2.31. The first kappa shape index (κ1) is 18.8. The van der Waals surface area contributed by atoms with E-state index in [1.807, 2.05) is 24.3 Å². The van der Waals surface area contributed by atoms with Gasteiger partial charge in [-0.15, -0.1) is 0 Å². The molecule has 3 nitrogen and oxygen atoms in total. The number of nitrogens with one attached hydrogen (secondary N) is 1. The van der Waals surface area contributed by atoms with Gasteiger partial charge in [0.15, 0.2) is 0 Å². The Morgan fingerprint density at radius 1 is 1.12 bits per heavy atom. The molecule has 3 unspecified atom stereocenters. The van der Waals surface area contributed by atoms with E-state index < -0.39 is 5.97 Å². The van der Waals surface area contributed by atoms with Gasteiger partial charge in [0.2, 0.25) is 0 Å². The van der Waals surface area contributed by atoms with Gasteiger partial charge in [-0.05, 0) is 68.2 Å². The van der Waals surface area contributed by atoms with Crippen LogP contribution in [0.1, 0.15) is 63.9 Å². The van der Waals surface area contributed by atoms with E-state index in [9.17, 15) is 4.79 Å². The Morgan fingerprint density at radius 2 is 1.88 bits per heavy atom. The van der Waals surface area contributed by atoms with Gasteiger partial charge in [-0.2, -0.15) is 0 Å². The smallest absolute Gasteiger partial charge is 0.384 e. The fourth-order valence-electron chi connectivity index (χ4n) is 4.62. The average molecular weight is 354 g/mol. The molecule has 0 radical (unpaired) electrons. The minimum Gasteiger partial charge on any atom is -0.456 e. The summed E-state index contributed by atoms with van der Waals surface area (Å²) < 4.78 is 4.81. The van der Waals surface area contributed by atoms with E-state index >= 15 is 0 Å². The van der Waals surface area contributed by atoms with Crippen LogP contribution in [0.5, 0.6) is 0 Å². The summed E-state index contributed by atoms with van der Waals surface area (Å²) in [4.78, 5) is 11.3. The second-order valence-corrected chi connectivity index (χ2v) is 7.75. The summed E-state index contributed by atoms with van der Waals surface area (Å²) in [6.45, 7) is 3.18. The van der Waals surface area contributed by atoms with Crippen molar-refractivity contribution in [1.82, 2.24) is 0 Å². The van der Waals surface area contributed by atoms with E-state index in [1.54, 1.807) is 6.92 Å². The van der Waals surface area contributed by atoms with E-state index in [0.717, 1.165) is 35.5 Å². The molecular formula is C23H31NO2. The molecule has 0 amide bonds. The van der Waals surface area contributed by atoms with Gasteiger partial charge in [-0.3, -0.25) is 0 Å². The minimum atomic E-state index is -0.470. The molecule has 140 valence electrons. The van der Waals surface area contributed by atoms with Crippen LogP contribution in [0.4, 0.5) is 5.69 Å². The van der Waals surface area contributed by atoms with Crippen LogP contribution < -0.4 is 5.32 Å². The Labute approximate surface area is 157 Å². The molecule has 0 bridgehead atoms. The number of ether oxygens (including phenoxy) is 1. The zero-order chi connectivity index (χ0) is 18.2. The van der Waals surface area contributed by atoms with Crippen LogP contribution in [0.3, 0.4) is 0 Å². The molecule has 2 aliphatic carbocycles. The molecule has 2 fully saturated rings. The summed E-state index contributed by atoms with van der Waals surface area (Å²) in [6.07, 6.45) is 11.5. The van der Waals surface area contributed by atoms with Crippen molar-refractivity contribution in [3.8, 4) is 11.8 Å². The fraction of sp³-hybridized carbons (Fsp3) is 0.609. The van der Waals surface area contributed by atoms with Crippen LogP contribution in [-0.2, 0) is 9.53 Å². The summed E-state index contributed by atoms with van der Waals surface area (Å²) in [5.41, 5.74) is 1.96. The number of esters is 1. The maximum Gasteiger partial charge on any atom is 0.384 e. The second-order valence-electron chi connectivity index (χ2n) is 7.75. The van der Waals surface area contributed by atoms with Crippen molar-refractivity contribution in [3.05, 3.63) is 29.8 Å². The van der Waals surface area contributed by atoms with Crippen molar-refractivity contribution in [2.24, 2.45) is 17.8 Å². The van der Waals surface area contributed by atoms with E-state index in [0.29, 0.717) is 6.61 Å². The van der Waals surface area contributed by atoms with Crippen LogP contribution in [-0.4, -0.2) is 19.1 Å². The third kappa shape index (κ3) is 5.53. The van der Waals surface area contributed by atoms with Crippen LogP contribution in [0, 0.1) is 29.6 Å². The molecule has 3 rings (SSSR count). The lowest BCUT2D eigenvalue weighted by atomic mass is 9.67. The standard InChI is InChI=1S/C23H31NO2/c1-2-26-23(25)14-10-18-8-12-22(13-9-18)24-16-15-19-7-11-20-5-3-4-6-21(20)17-19/h8-9,12-13,19-21,24H,2-7,11,15-17H2,1H3. The van der Waals surface area contributed by atoms with Gasteiger partial charge in [0.05, 0.1) is 6.61 Å².